The number of fused-ring (bicyclic) bond motifs is 1. The molecule has 2 nitrogen and oxygen atoms in total. The van der Waals surface area contributed by atoms with Crippen LogP contribution in [0.25, 0.3) is 5.57 Å². The first kappa shape index (κ1) is 22.1. The summed E-state index contributed by atoms with van der Waals surface area (Å²) in [7, 11) is 1.28. The number of methoxy groups -OCH3 is 1. The van der Waals surface area contributed by atoms with Crippen LogP contribution >= 0.6 is 0 Å². The summed E-state index contributed by atoms with van der Waals surface area (Å²) >= 11 is 0. The topological polar surface area (TPSA) is 26.3 Å². The third-order valence-corrected chi connectivity index (χ3v) is 6.28. The number of esters is 1. The van der Waals surface area contributed by atoms with Crippen LogP contribution in [0.2, 0.25) is 0 Å². The van der Waals surface area contributed by atoms with E-state index in [1.54, 1.807) is 18.2 Å². The normalized spacial score (nSPS) is 17.2. The average molecular weight is 416 g/mol. The number of alkyl halides is 3. The molecule has 0 N–H and O–H groups in total. The van der Waals surface area contributed by atoms with Gasteiger partial charge in [-0.1, -0.05) is 46.4 Å². The minimum absolute atomic E-state index is 0.0813. The summed E-state index contributed by atoms with van der Waals surface area (Å²) in [6.45, 7) is 12.1. The third-order valence-electron chi connectivity index (χ3n) is 6.28. The van der Waals surface area contributed by atoms with Crippen molar-refractivity contribution in [3.8, 4) is 0 Å². The summed E-state index contributed by atoms with van der Waals surface area (Å²) in [5, 5.41) is 0. The van der Waals surface area contributed by atoms with Crippen molar-refractivity contribution in [2.75, 3.05) is 7.11 Å². The van der Waals surface area contributed by atoms with E-state index >= 15 is 0 Å². The van der Waals surface area contributed by atoms with Crippen molar-refractivity contribution < 1.29 is 22.7 Å². The molecule has 5 heteroatoms. The molecular formula is C25H27F3O2. The summed E-state index contributed by atoms with van der Waals surface area (Å²) in [6, 6.07) is 9.26. The Kier molecular flexibility index (Phi) is 5.38. The zero-order valence-electron chi connectivity index (χ0n) is 18.0. The number of benzene rings is 2. The van der Waals surface area contributed by atoms with E-state index in [0.717, 1.165) is 24.0 Å². The molecule has 0 amide bonds. The molecule has 0 saturated heterocycles. The van der Waals surface area contributed by atoms with Crippen molar-refractivity contribution in [1.29, 1.82) is 0 Å². The molecule has 0 aliphatic heterocycles. The standard InChI is InChI=1S/C25H27F3O2/c1-15(16-7-9-17(10-8-16)22(29)30-6)18-13-20-21(14-19(18)25(26,27)28)24(4,5)12-11-23(20,2)3/h7-10,13-14H,1,11-12H2,2-6H3. The Morgan fingerprint density at radius 2 is 1.40 bits per heavy atom. The molecule has 2 aromatic rings. The lowest BCUT2D eigenvalue weighted by molar-refractivity contribution is -0.137. The number of halogens is 3. The fourth-order valence-corrected chi connectivity index (χ4v) is 4.18. The van der Waals surface area contributed by atoms with E-state index in [2.05, 4.69) is 25.2 Å². The van der Waals surface area contributed by atoms with Crippen molar-refractivity contribution in [3.63, 3.8) is 0 Å². The molecule has 0 spiro atoms. The number of carbonyl (C=O) groups excluding carboxylic acids is 1. The lowest BCUT2D eigenvalue weighted by Gasteiger charge is -2.42. The minimum Gasteiger partial charge on any atom is -0.465 e. The molecule has 1 aliphatic carbocycles. The number of hydrogen-bond donors (Lipinski definition) is 0. The van der Waals surface area contributed by atoms with Crippen LogP contribution in [0, 0.1) is 0 Å². The first-order valence-corrected chi connectivity index (χ1v) is 9.92. The highest BCUT2D eigenvalue weighted by Crippen LogP contribution is 2.49. The van der Waals surface area contributed by atoms with Crippen molar-refractivity contribution in [2.24, 2.45) is 0 Å². The van der Waals surface area contributed by atoms with Crippen LogP contribution in [-0.2, 0) is 21.7 Å². The predicted octanol–water partition coefficient (Wildman–Crippen LogP) is 6.90. The van der Waals surface area contributed by atoms with Crippen molar-refractivity contribution >= 4 is 11.5 Å². The molecule has 30 heavy (non-hydrogen) atoms. The van der Waals surface area contributed by atoms with Crippen molar-refractivity contribution in [1.82, 2.24) is 0 Å². The zero-order valence-corrected chi connectivity index (χ0v) is 18.0. The molecule has 0 unspecified atom stereocenters. The highest BCUT2D eigenvalue weighted by Gasteiger charge is 2.42. The minimum atomic E-state index is -4.50. The molecule has 0 saturated carbocycles. The Morgan fingerprint density at radius 3 is 1.87 bits per heavy atom. The van der Waals surface area contributed by atoms with Crippen LogP contribution in [-0.4, -0.2) is 13.1 Å². The first-order chi connectivity index (χ1) is 13.8. The van der Waals surface area contributed by atoms with Crippen LogP contribution in [0.5, 0.6) is 0 Å². The summed E-state index contributed by atoms with van der Waals surface area (Å²) in [6.07, 6.45) is -2.77. The van der Waals surface area contributed by atoms with Gasteiger partial charge in [0.05, 0.1) is 18.2 Å². The molecular weight excluding hydrogens is 389 g/mol. The monoisotopic (exact) mass is 416 g/mol. The van der Waals surface area contributed by atoms with Crippen LogP contribution < -0.4 is 0 Å². The fourth-order valence-electron chi connectivity index (χ4n) is 4.18. The molecule has 160 valence electrons. The van der Waals surface area contributed by atoms with E-state index in [9.17, 15) is 18.0 Å². The summed E-state index contributed by atoms with van der Waals surface area (Å²) in [5.74, 6) is -0.499. The number of hydrogen-bond acceptors (Lipinski definition) is 2. The van der Waals surface area contributed by atoms with E-state index in [1.807, 2.05) is 13.8 Å². The van der Waals surface area contributed by atoms with Gasteiger partial charge in [0.2, 0.25) is 0 Å². The maximum atomic E-state index is 14.1. The Morgan fingerprint density at radius 1 is 0.933 bits per heavy atom. The molecule has 1 aliphatic rings. The van der Waals surface area contributed by atoms with Crippen molar-refractivity contribution in [3.05, 3.63) is 76.4 Å². The second kappa shape index (κ2) is 7.29. The highest BCUT2D eigenvalue weighted by molar-refractivity contribution is 5.90. The van der Waals surface area contributed by atoms with E-state index < -0.39 is 17.7 Å². The number of rotatable bonds is 3. The second-order valence-corrected chi connectivity index (χ2v) is 9.26. The van der Waals surface area contributed by atoms with E-state index in [-0.39, 0.29) is 22.0 Å². The molecule has 0 heterocycles. The van der Waals surface area contributed by atoms with Gasteiger partial charge >= 0.3 is 12.1 Å². The van der Waals surface area contributed by atoms with E-state index in [4.69, 9.17) is 0 Å². The van der Waals surface area contributed by atoms with E-state index in [0.29, 0.717) is 11.1 Å². The van der Waals surface area contributed by atoms with Gasteiger partial charge in [-0.3, -0.25) is 0 Å². The molecule has 2 aromatic carbocycles. The lowest BCUT2D eigenvalue weighted by Crippen LogP contribution is -2.34. The fraction of sp³-hybridized carbons (Fsp3) is 0.400. The van der Waals surface area contributed by atoms with Gasteiger partial charge in [0.1, 0.15) is 0 Å². The van der Waals surface area contributed by atoms with Gasteiger partial charge in [-0.05, 0) is 75.8 Å². The summed E-state index contributed by atoms with van der Waals surface area (Å²) < 4.78 is 46.8. The SMILES string of the molecule is C=C(c1ccc(C(=O)OC)cc1)c1cc2c(cc1C(F)(F)F)C(C)(C)CCC2(C)C. The zero-order chi connectivity index (χ0) is 22.5. The Labute approximate surface area is 175 Å². The predicted molar refractivity (Wildman–Crippen MR) is 113 cm³/mol. The van der Waals surface area contributed by atoms with Crippen LogP contribution in [0.15, 0.2) is 43.0 Å². The number of carbonyl (C=O) groups is 1. The third kappa shape index (κ3) is 3.90. The maximum absolute atomic E-state index is 14.1. The van der Waals surface area contributed by atoms with Crippen LogP contribution in [0.4, 0.5) is 13.2 Å². The summed E-state index contributed by atoms with van der Waals surface area (Å²) in [4.78, 5) is 11.6. The highest BCUT2D eigenvalue weighted by atomic mass is 19.4. The lowest BCUT2D eigenvalue weighted by atomic mass is 9.62. The van der Waals surface area contributed by atoms with Gasteiger partial charge in [0, 0.05) is 0 Å². The molecule has 3 rings (SSSR count). The van der Waals surface area contributed by atoms with Gasteiger partial charge in [0.15, 0.2) is 0 Å². The van der Waals surface area contributed by atoms with Gasteiger partial charge in [0.25, 0.3) is 0 Å². The average Bonchev–Trinajstić information content (AvgIpc) is 2.69. The van der Waals surface area contributed by atoms with E-state index in [1.165, 1.54) is 25.3 Å². The molecule has 0 atom stereocenters. The Hall–Kier alpha value is -2.56. The Balaban J connectivity index is 2.18. The largest absolute Gasteiger partial charge is 0.465 e. The second-order valence-electron chi connectivity index (χ2n) is 9.26. The van der Waals surface area contributed by atoms with Gasteiger partial charge in [-0.15, -0.1) is 0 Å². The van der Waals surface area contributed by atoms with Crippen LogP contribution in [0.1, 0.15) is 78.7 Å². The Bertz CT molecular complexity index is 996. The molecule has 0 fully saturated rings. The van der Waals surface area contributed by atoms with Gasteiger partial charge in [-0.25, -0.2) is 4.79 Å². The first-order valence-electron chi connectivity index (χ1n) is 9.92. The smallest absolute Gasteiger partial charge is 0.417 e. The number of ether oxygens (including phenoxy) is 1. The maximum Gasteiger partial charge on any atom is 0.417 e. The molecule has 0 radical (unpaired) electrons. The van der Waals surface area contributed by atoms with Crippen LogP contribution in [0.3, 0.4) is 0 Å². The quantitative estimate of drug-likeness (QED) is 0.509. The molecule has 0 bridgehead atoms. The van der Waals surface area contributed by atoms with Gasteiger partial charge in [-0.2, -0.15) is 13.2 Å². The van der Waals surface area contributed by atoms with Crippen molar-refractivity contribution in [2.45, 2.75) is 57.5 Å². The molecule has 0 aromatic heterocycles. The van der Waals surface area contributed by atoms with Gasteiger partial charge < -0.3 is 4.74 Å². The summed E-state index contributed by atoms with van der Waals surface area (Å²) in [5.41, 5.74) is 1.69.